The highest BCUT2D eigenvalue weighted by atomic mass is 35.5. The van der Waals surface area contributed by atoms with Crippen molar-refractivity contribution in [3.8, 4) is 0 Å². The Balaban J connectivity index is 0.00000169. The van der Waals surface area contributed by atoms with Gasteiger partial charge in [-0.2, -0.15) is 0 Å². The summed E-state index contributed by atoms with van der Waals surface area (Å²) in [4.78, 5) is 0. The molecule has 0 aliphatic carbocycles. The topological polar surface area (TPSA) is 0 Å². The summed E-state index contributed by atoms with van der Waals surface area (Å²) in [5.74, 6) is 0. The van der Waals surface area contributed by atoms with E-state index in [1.807, 2.05) is 6.20 Å². The Labute approximate surface area is 93.1 Å². The van der Waals surface area contributed by atoms with Crippen LogP contribution in [0.25, 0.3) is 0 Å². The lowest BCUT2D eigenvalue weighted by molar-refractivity contribution is -0.852. The molecule has 0 heterocycles. The zero-order valence-corrected chi connectivity index (χ0v) is 9.88. The Morgan fingerprint density at radius 2 is 1.86 bits per heavy atom. The van der Waals surface area contributed by atoms with Gasteiger partial charge in [0.1, 0.15) is 6.54 Å². The Kier molecular flexibility index (Phi) is 4.89. The van der Waals surface area contributed by atoms with Gasteiger partial charge in [0, 0.05) is 5.56 Å². The van der Waals surface area contributed by atoms with Gasteiger partial charge < -0.3 is 12.4 Å². The fourth-order valence-electron chi connectivity index (χ4n) is 1.29. The van der Waals surface area contributed by atoms with Crippen LogP contribution in [0.15, 0.2) is 37.0 Å². The first-order chi connectivity index (χ1) is 6.05. The predicted molar refractivity (Wildman–Crippen MR) is 57.2 cm³/mol. The molecular formula is C12H18ClN. The summed E-state index contributed by atoms with van der Waals surface area (Å²) >= 11 is 0. The molecule has 1 aromatic rings. The van der Waals surface area contributed by atoms with E-state index in [0.29, 0.717) is 0 Å². The van der Waals surface area contributed by atoms with E-state index in [1.165, 1.54) is 11.1 Å². The molecule has 0 fully saturated rings. The molecule has 0 saturated heterocycles. The Hall–Kier alpha value is -0.790. The van der Waals surface area contributed by atoms with Gasteiger partial charge in [-0.15, -0.1) is 0 Å². The minimum Gasteiger partial charge on any atom is -1.00 e. The number of rotatable bonds is 3. The van der Waals surface area contributed by atoms with Crippen molar-refractivity contribution in [2.45, 2.75) is 13.5 Å². The molecule has 0 spiro atoms. The van der Waals surface area contributed by atoms with Crippen molar-refractivity contribution in [2.24, 2.45) is 0 Å². The van der Waals surface area contributed by atoms with Gasteiger partial charge in [0.05, 0.1) is 20.3 Å². The molecule has 78 valence electrons. The summed E-state index contributed by atoms with van der Waals surface area (Å²) in [5, 5.41) is 0. The molecule has 0 unspecified atom stereocenters. The van der Waals surface area contributed by atoms with E-state index < -0.39 is 0 Å². The molecule has 1 rings (SSSR count). The fraction of sp³-hybridized carbons (Fsp3) is 0.333. The third-order valence-corrected chi connectivity index (χ3v) is 2.33. The zero-order chi connectivity index (χ0) is 9.90. The summed E-state index contributed by atoms with van der Waals surface area (Å²) in [6, 6.07) is 8.50. The van der Waals surface area contributed by atoms with Gasteiger partial charge in [-0.1, -0.05) is 24.3 Å². The van der Waals surface area contributed by atoms with Crippen LogP contribution in [-0.2, 0) is 6.54 Å². The Bertz CT molecular complexity index is 305. The summed E-state index contributed by atoms with van der Waals surface area (Å²) < 4.78 is 0.824. The van der Waals surface area contributed by atoms with Gasteiger partial charge in [-0.3, -0.25) is 4.48 Å². The van der Waals surface area contributed by atoms with Crippen molar-refractivity contribution >= 4 is 0 Å². The van der Waals surface area contributed by atoms with Gasteiger partial charge in [-0.05, 0) is 19.1 Å². The Morgan fingerprint density at radius 1 is 1.29 bits per heavy atom. The summed E-state index contributed by atoms with van der Waals surface area (Å²) in [6.45, 7) is 6.99. The summed E-state index contributed by atoms with van der Waals surface area (Å²) in [7, 11) is 4.30. The van der Waals surface area contributed by atoms with Crippen molar-refractivity contribution in [2.75, 3.05) is 14.1 Å². The normalized spacial score (nSPS) is 10.5. The minimum absolute atomic E-state index is 0. The lowest BCUT2D eigenvalue weighted by atomic mass is 10.1. The van der Waals surface area contributed by atoms with E-state index in [1.54, 1.807) is 0 Å². The smallest absolute Gasteiger partial charge is 0.108 e. The SMILES string of the molecule is C=C[N+](C)(C)Cc1ccccc1C.[Cl-]. The number of hydrogen-bond donors (Lipinski definition) is 0. The van der Waals surface area contributed by atoms with Crippen molar-refractivity contribution < 1.29 is 16.9 Å². The van der Waals surface area contributed by atoms with Crippen LogP contribution in [0.4, 0.5) is 0 Å². The number of halogens is 1. The highest BCUT2D eigenvalue weighted by Gasteiger charge is 2.11. The quantitative estimate of drug-likeness (QED) is 0.604. The molecule has 0 atom stereocenters. The second kappa shape index (κ2) is 5.18. The number of hydrogen-bond acceptors (Lipinski definition) is 0. The Morgan fingerprint density at radius 3 is 2.36 bits per heavy atom. The average Bonchev–Trinajstić information content (AvgIpc) is 2.09. The minimum atomic E-state index is 0. The van der Waals surface area contributed by atoms with Crippen molar-refractivity contribution in [3.05, 3.63) is 48.2 Å². The van der Waals surface area contributed by atoms with E-state index >= 15 is 0 Å². The van der Waals surface area contributed by atoms with Crippen LogP contribution in [0.1, 0.15) is 11.1 Å². The highest BCUT2D eigenvalue weighted by molar-refractivity contribution is 5.24. The van der Waals surface area contributed by atoms with Crippen molar-refractivity contribution in [1.29, 1.82) is 0 Å². The molecule has 1 aromatic carbocycles. The van der Waals surface area contributed by atoms with E-state index in [0.717, 1.165) is 11.0 Å². The largest absolute Gasteiger partial charge is 1.00 e. The van der Waals surface area contributed by atoms with E-state index in [9.17, 15) is 0 Å². The van der Waals surface area contributed by atoms with E-state index in [2.05, 4.69) is 51.9 Å². The molecular weight excluding hydrogens is 194 g/mol. The monoisotopic (exact) mass is 211 g/mol. The number of nitrogens with zero attached hydrogens (tertiary/aromatic N) is 1. The van der Waals surface area contributed by atoms with Gasteiger partial charge in [0.15, 0.2) is 0 Å². The number of aryl methyl sites for hydroxylation is 1. The fourth-order valence-corrected chi connectivity index (χ4v) is 1.29. The van der Waals surface area contributed by atoms with E-state index in [4.69, 9.17) is 0 Å². The molecule has 0 saturated carbocycles. The third kappa shape index (κ3) is 3.52. The summed E-state index contributed by atoms with van der Waals surface area (Å²) in [6.07, 6.45) is 1.96. The third-order valence-electron chi connectivity index (χ3n) is 2.33. The first-order valence-electron chi connectivity index (χ1n) is 4.56. The zero-order valence-electron chi connectivity index (χ0n) is 9.13. The van der Waals surface area contributed by atoms with Gasteiger partial charge in [0.25, 0.3) is 0 Å². The average molecular weight is 212 g/mol. The molecule has 0 N–H and O–H groups in total. The predicted octanol–water partition coefficient (Wildman–Crippen LogP) is -0.281. The van der Waals surface area contributed by atoms with Gasteiger partial charge in [0.2, 0.25) is 0 Å². The van der Waals surface area contributed by atoms with Crippen LogP contribution >= 0.6 is 0 Å². The molecule has 0 bridgehead atoms. The second-order valence-electron chi connectivity index (χ2n) is 4.05. The molecule has 1 nitrogen and oxygen atoms in total. The number of benzene rings is 1. The maximum Gasteiger partial charge on any atom is 0.108 e. The van der Waals surface area contributed by atoms with Gasteiger partial charge >= 0.3 is 0 Å². The summed E-state index contributed by atoms with van der Waals surface area (Å²) in [5.41, 5.74) is 2.75. The van der Waals surface area contributed by atoms with Crippen molar-refractivity contribution in [1.82, 2.24) is 0 Å². The molecule has 0 amide bonds. The highest BCUT2D eigenvalue weighted by Crippen LogP contribution is 2.13. The van der Waals surface area contributed by atoms with Crippen molar-refractivity contribution in [3.63, 3.8) is 0 Å². The lowest BCUT2D eigenvalue weighted by Gasteiger charge is -2.25. The van der Waals surface area contributed by atoms with Gasteiger partial charge in [-0.25, -0.2) is 0 Å². The van der Waals surface area contributed by atoms with Crippen LogP contribution in [-0.4, -0.2) is 18.6 Å². The maximum atomic E-state index is 3.83. The molecule has 14 heavy (non-hydrogen) atoms. The van der Waals surface area contributed by atoms with Crippen LogP contribution in [0.2, 0.25) is 0 Å². The lowest BCUT2D eigenvalue weighted by Crippen LogP contribution is -3.00. The molecule has 2 heteroatoms. The first kappa shape index (κ1) is 13.2. The van der Waals surface area contributed by atoms with Crippen LogP contribution < -0.4 is 12.4 Å². The van der Waals surface area contributed by atoms with Crippen LogP contribution in [0.3, 0.4) is 0 Å². The molecule has 0 radical (unpaired) electrons. The molecule has 0 aliphatic heterocycles. The second-order valence-corrected chi connectivity index (χ2v) is 4.05. The van der Waals surface area contributed by atoms with Crippen LogP contribution in [0, 0.1) is 6.92 Å². The standard InChI is InChI=1S/C12H18N.ClH/c1-5-13(3,4)10-12-9-7-6-8-11(12)2;/h5-9H,1,10H2,2-4H3;1H/q+1;/p-1. The molecule has 0 aliphatic rings. The van der Waals surface area contributed by atoms with Crippen LogP contribution in [0.5, 0.6) is 0 Å². The van der Waals surface area contributed by atoms with E-state index in [-0.39, 0.29) is 12.4 Å². The molecule has 0 aromatic heterocycles. The maximum absolute atomic E-state index is 3.83. The first-order valence-corrected chi connectivity index (χ1v) is 4.56. The number of quaternary nitrogens is 1.